The van der Waals surface area contributed by atoms with Crippen LogP contribution < -0.4 is 9.62 Å². The van der Waals surface area contributed by atoms with Gasteiger partial charge in [0.05, 0.1) is 10.6 Å². The number of sulfonamides is 1. The minimum atomic E-state index is -3.76. The van der Waals surface area contributed by atoms with Crippen LogP contribution in [0.3, 0.4) is 0 Å². The van der Waals surface area contributed by atoms with E-state index in [-0.39, 0.29) is 16.8 Å². The van der Waals surface area contributed by atoms with Crippen molar-refractivity contribution in [1.82, 2.24) is 5.32 Å². The molecule has 4 rings (SSSR count). The van der Waals surface area contributed by atoms with Crippen molar-refractivity contribution in [2.45, 2.75) is 43.5 Å². The number of anilines is 1. The van der Waals surface area contributed by atoms with Crippen molar-refractivity contribution in [3.8, 4) is 0 Å². The second-order valence-corrected chi connectivity index (χ2v) is 10.6. The molecular weight excluding hydrogens is 408 g/mol. The number of carbonyl (C=O) groups excluding carboxylic acids is 1. The van der Waals surface area contributed by atoms with E-state index in [1.165, 1.54) is 42.7 Å². The summed E-state index contributed by atoms with van der Waals surface area (Å²) in [6.07, 6.45) is 4.74. The Hall–Kier alpha value is -2.05. The van der Waals surface area contributed by atoms with E-state index in [1.54, 1.807) is 30.3 Å². The molecule has 2 bridgehead atoms. The summed E-state index contributed by atoms with van der Waals surface area (Å²) >= 11 is 5.88. The third-order valence-electron chi connectivity index (χ3n) is 6.34. The normalized spacial score (nSPS) is 23.2. The van der Waals surface area contributed by atoms with Crippen LogP contribution >= 0.6 is 11.6 Å². The lowest BCUT2D eigenvalue weighted by atomic mass is 9.95. The Bertz CT molecular complexity index is 1040. The van der Waals surface area contributed by atoms with Crippen molar-refractivity contribution >= 4 is 33.2 Å². The van der Waals surface area contributed by atoms with Crippen LogP contribution in [0.5, 0.6) is 0 Å². The minimum absolute atomic E-state index is 0.138. The largest absolute Gasteiger partial charge is 0.349 e. The van der Waals surface area contributed by atoms with E-state index in [1.807, 2.05) is 6.92 Å². The minimum Gasteiger partial charge on any atom is -0.349 e. The van der Waals surface area contributed by atoms with Gasteiger partial charge >= 0.3 is 0 Å². The Kier molecular flexibility index (Phi) is 5.34. The number of fused-ring (bicyclic) bond motifs is 2. The SMILES string of the molecule is Cc1ccc(C(=O)N[C@@H]2CC3CCC2C3)cc1N(C)S(=O)(=O)c1ccc(Cl)cc1. The molecule has 0 aromatic heterocycles. The maximum Gasteiger partial charge on any atom is 0.264 e. The monoisotopic (exact) mass is 432 g/mol. The number of nitrogens with one attached hydrogen (secondary N) is 1. The molecule has 0 aliphatic heterocycles. The summed E-state index contributed by atoms with van der Waals surface area (Å²) in [6, 6.07) is 11.5. The second kappa shape index (κ2) is 7.65. The van der Waals surface area contributed by atoms with E-state index in [9.17, 15) is 13.2 Å². The topological polar surface area (TPSA) is 66.5 Å². The van der Waals surface area contributed by atoms with Crippen LogP contribution in [0.15, 0.2) is 47.4 Å². The Balaban J connectivity index is 1.57. The van der Waals surface area contributed by atoms with E-state index in [0.29, 0.717) is 22.2 Å². The third kappa shape index (κ3) is 3.88. The standard InChI is InChI=1S/C22H25ClN2O3S/c1-14-3-5-17(22(26)24-20-12-15-4-6-16(20)11-15)13-21(14)25(2)29(27,28)19-9-7-18(23)8-10-19/h3,5,7-10,13,15-16,20H,4,6,11-12H2,1-2H3,(H,24,26)/t15?,16?,20-/m1/s1. The van der Waals surface area contributed by atoms with Gasteiger partial charge in [0, 0.05) is 23.7 Å². The third-order valence-corrected chi connectivity index (χ3v) is 8.37. The molecule has 7 heteroatoms. The van der Waals surface area contributed by atoms with E-state index < -0.39 is 10.0 Å². The molecule has 2 aromatic carbocycles. The number of benzene rings is 2. The maximum atomic E-state index is 13.0. The lowest BCUT2D eigenvalue weighted by molar-refractivity contribution is 0.0923. The fourth-order valence-electron chi connectivity index (χ4n) is 4.66. The predicted octanol–water partition coefficient (Wildman–Crippen LogP) is 4.39. The molecule has 1 amide bonds. The summed E-state index contributed by atoms with van der Waals surface area (Å²) in [7, 11) is -2.26. The van der Waals surface area contributed by atoms with Crippen LogP contribution in [0.2, 0.25) is 5.02 Å². The first-order valence-corrected chi connectivity index (χ1v) is 11.7. The molecule has 0 saturated heterocycles. The van der Waals surface area contributed by atoms with Crippen LogP contribution in [-0.4, -0.2) is 27.4 Å². The van der Waals surface area contributed by atoms with Gasteiger partial charge in [0.1, 0.15) is 0 Å². The molecule has 3 atom stereocenters. The number of nitrogens with zero attached hydrogens (tertiary/aromatic N) is 1. The molecule has 0 radical (unpaired) electrons. The fourth-order valence-corrected chi connectivity index (χ4v) is 6.04. The average Bonchev–Trinajstić information content (AvgIpc) is 3.31. The molecule has 29 heavy (non-hydrogen) atoms. The molecule has 2 fully saturated rings. The zero-order valence-electron chi connectivity index (χ0n) is 16.6. The molecular formula is C22H25ClN2O3S. The van der Waals surface area contributed by atoms with Gasteiger partial charge in [-0.15, -0.1) is 0 Å². The average molecular weight is 433 g/mol. The first-order chi connectivity index (χ1) is 13.8. The number of carbonyl (C=O) groups is 1. The van der Waals surface area contributed by atoms with Crippen molar-refractivity contribution < 1.29 is 13.2 Å². The lowest BCUT2D eigenvalue weighted by Gasteiger charge is -2.24. The number of amides is 1. The number of hydrogen-bond donors (Lipinski definition) is 1. The first-order valence-electron chi connectivity index (χ1n) is 9.91. The van der Waals surface area contributed by atoms with Gasteiger partial charge < -0.3 is 5.32 Å². The number of aryl methyl sites for hydroxylation is 1. The molecule has 2 saturated carbocycles. The van der Waals surface area contributed by atoms with Crippen LogP contribution in [0.1, 0.15) is 41.6 Å². The molecule has 154 valence electrons. The van der Waals surface area contributed by atoms with Crippen LogP contribution in [0.25, 0.3) is 0 Å². The Morgan fingerprint density at radius 3 is 2.45 bits per heavy atom. The molecule has 2 aromatic rings. The summed E-state index contributed by atoms with van der Waals surface area (Å²) < 4.78 is 27.3. The quantitative estimate of drug-likeness (QED) is 0.761. The molecule has 5 nitrogen and oxygen atoms in total. The highest BCUT2D eigenvalue weighted by molar-refractivity contribution is 7.92. The van der Waals surface area contributed by atoms with E-state index >= 15 is 0 Å². The zero-order chi connectivity index (χ0) is 20.8. The van der Waals surface area contributed by atoms with Crippen molar-refractivity contribution in [3.63, 3.8) is 0 Å². The van der Waals surface area contributed by atoms with Crippen LogP contribution in [0, 0.1) is 18.8 Å². The fraction of sp³-hybridized carbons (Fsp3) is 0.409. The maximum absolute atomic E-state index is 13.0. The van der Waals surface area contributed by atoms with Gasteiger partial charge in [-0.2, -0.15) is 0 Å². The van der Waals surface area contributed by atoms with Crippen molar-refractivity contribution in [2.24, 2.45) is 11.8 Å². The van der Waals surface area contributed by atoms with E-state index in [4.69, 9.17) is 11.6 Å². The van der Waals surface area contributed by atoms with Crippen molar-refractivity contribution in [2.75, 3.05) is 11.4 Å². The molecule has 2 aliphatic carbocycles. The Morgan fingerprint density at radius 2 is 1.83 bits per heavy atom. The summed E-state index contributed by atoms with van der Waals surface area (Å²) in [5, 5.41) is 3.64. The van der Waals surface area contributed by atoms with Crippen molar-refractivity contribution in [1.29, 1.82) is 0 Å². The highest BCUT2D eigenvalue weighted by Gasteiger charge is 2.40. The highest BCUT2D eigenvalue weighted by atomic mass is 35.5. The summed E-state index contributed by atoms with van der Waals surface area (Å²) in [5.74, 6) is 1.19. The number of halogens is 1. The van der Waals surface area contributed by atoms with Gasteiger partial charge in [-0.25, -0.2) is 8.42 Å². The molecule has 0 heterocycles. The number of rotatable bonds is 5. The van der Waals surface area contributed by atoms with Gasteiger partial charge in [0.25, 0.3) is 15.9 Å². The summed E-state index contributed by atoms with van der Waals surface area (Å²) in [5.41, 5.74) is 1.74. The molecule has 1 N–H and O–H groups in total. The first kappa shape index (κ1) is 20.2. The molecule has 0 spiro atoms. The molecule has 2 aliphatic rings. The zero-order valence-corrected chi connectivity index (χ0v) is 18.1. The highest BCUT2D eigenvalue weighted by Crippen LogP contribution is 2.44. The van der Waals surface area contributed by atoms with Crippen LogP contribution in [0.4, 0.5) is 5.69 Å². The van der Waals surface area contributed by atoms with Gasteiger partial charge in [-0.3, -0.25) is 9.10 Å². The predicted molar refractivity (Wildman–Crippen MR) is 115 cm³/mol. The van der Waals surface area contributed by atoms with Crippen LogP contribution in [-0.2, 0) is 10.0 Å². The molecule has 2 unspecified atom stereocenters. The summed E-state index contributed by atoms with van der Waals surface area (Å²) in [6.45, 7) is 1.83. The Labute approximate surface area is 177 Å². The van der Waals surface area contributed by atoms with E-state index in [2.05, 4.69) is 5.32 Å². The Morgan fingerprint density at radius 1 is 1.10 bits per heavy atom. The second-order valence-electron chi connectivity index (χ2n) is 8.18. The van der Waals surface area contributed by atoms with E-state index in [0.717, 1.165) is 17.9 Å². The van der Waals surface area contributed by atoms with Crippen molar-refractivity contribution in [3.05, 3.63) is 58.6 Å². The van der Waals surface area contributed by atoms with Gasteiger partial charge in [-0.1, -0.05) is 24.1 Å². The smallest absolute Gasteiger partial charge is 0.264 e. The number of hydrogen-bond acceptors (Lipinski definition) is 3. The van der Waals surface area contributed by atoms with Gasteiger partial charge in [0.15, 0.2) is 0 Å². The van der Waals surface area contributed by atoms with Gasteiger partial charge in [0.2, 0.25) is 0 Å². The summed E-state index contributed by atoms with van der Waals surface area (Å²) in [4.78, 5) is 13.0. The van der Waals surface area contributed by atoms with Gasteiger partial charge in [-0.05, 0) is 80.0 Å². The lowest BCUT2D eigenvalue weighted by Crippen LogP contribution is -2.38.